The molecule has 0 radical (unpaired) electrons. The zero-order valence-electron chi connectivity index (χ0n) is 10.4. The molecule has 19 heavy (non-hydrogen) atoms. The van der Waals surface area contributed by atoms with Crippen LogP contribution in [-0.4, -0.2) is 23.5 Å². The van der Waals surface area contributed by atoms with Gasteiger partial charge in [0.1, 0.15) is 11.8 Å². The predicted octanol–water partition coefficient (Wildman–Crippen LogP) is 2.25. The first-order chi connectivity index (χ1) is 9.02. The van der Waals surface area contributed by atoms with Gasteiger partial charge in [0.2, 0.25) is 11.8 Å². The molecule has 1 aromatic heterocycles. The molecule has 1 fully saturated rings. The van der Waals surface area contributed by atoms with E-state index >= 15 is 0 Å². The van der Waals surface area contributed by atoms with Crippen LogP contribution in [0.2, 0.25) is 0 Å². The molecule has 1 heterocycles. The fourth-order valence-corrected chi connectivity index (χ4v) is 2.29. The highest BCUT2D eigenvalue weighted by Gasteiger charge is 2.37. The third kappa shape index (κ3) is 3.53. The number of aliphatic hydroxyl groups is 1. The van der Waals surface area contributed by atoms with Crippen molar-refractivity contribution in [2.45, 2.75) is 37.6 Å². The summed E-state index contributed by atoms with van der Waals surface area (Å²) in [6, 6.07) is 2.69. The van der Waals surface area contributed by atoms with Crippen LogP contribution in [0, 0.1) is 5.92 Å². The van der Waals surface area contributed by atoms with Gasteiger partial charge in [-0.05, 0) is 25.0 Å². The summed E-state index contributed by atoms with van der Waals surface area (Å²) in [5, 5.41) is 11.9. The van der Waals surface area contributed by atoms with Crippen LogP contribution in [0.3, 0.4) is 0 Å². The molecule has 1 aromatic rings. The first-order valence-electron chi connectivity index (χ1n) is 6.34. The summed E-state index contributed by atoms with van der Waals surface area (Å²) < 4.78 is 31.1. The Morgan fingerprint density at radius 3 is 2.74 bits per heavy atom. The second-order valence-electron chi connectivity index (χ2n) is 4.89. The van der Waals surface area contributed by atoms with Gasteiger partial charge >= 0.3 is 0 Å². The molecule has 0 saturated heterocycles. The summed E-state index contributed by atoms with van der Waals surface area (Å²) >= 11 is 0. The van der Waals surface area contributed by atoms with Crippen LogP contribution in [-0.2, 0) is 4.79 Å². The van der Waals surface area contributed by atoms with Crippen molar-refractivity contribution in [3.8, 4) is 0 Å². The Morgan fingerprint density at radius 2 is 2.21 bits per heavy atom. The number of hydrogen-bond acceptors (Lipinski definition) is 3. The van der Waals surface area contributed by atoms with E-state index in [0.29, 0.717) is 5.76 Å². The minimum Gasteiger partial charge on any atom is -0.467 e. The van der Waals surface area contributed by atoms with E-state index in [-0.39, 0.29) is 38.2 Å². The standard InChI is InChI=1S/C13H17F2NO3/c14-13(15)5-3-9(4-6-13)12(18)16-10(8-17)11-2-1-7-19-11/h1-2,7,9-10,17H,3-6,8H2,(H,16,18). The van der Waals surface area contributed by atoms with Crippen molar-refractivity contribution in [2.75, 3.05) is 6.61 Å². The van der Waals surface area contributed by atoms with Crippen LogP contribution in [0.1, 0.15) is 37.5 Å². The SMILES string of the molecule is O=C(NC(CO)c1ccco1)C1CCC(F)(F)CC1. The Bertz CT molecular complexity index is 410. The van der Waals surface area contributed by atoms with Crippen molar-refractivity contribution >= 4 is 5.91 Å². The van der Waals surface area contributed by atoms with E-state index in [0.717, 1.165) is 0 Å². The highest BCUT2D eigenvalue weighted by atomic mass is 19.3. The van der Waals surface area contributed by atoms with E-state index in [1.54, 1.807) is 12.1 Å². The van der Waals surface area contributed by atoms with Gasteiger partial charge in [0.15, 0.2) is 0 Å². The van der Waals surface area contributed by atoms with Crippen LogP contribution in [0.25, 0.3) is 0 Å². The number of aliphatic hydroxyl groups excluding tert-OH is 1. The van der Waals surface area contributed by atoms with Gasteiger partial charge in [-0.3, -0.25) is 4.79 Å². The quantitative estimate of drug-likeness (QED) is 0.884. The van der Waals surface area contributed by atoms with Crippen molar-refractivity contribution in [3.05, 3.63) is 24.2 Å². The molecule has 6 heteroatoms. The van der Waals surface area contributed by atoms with Crippen LogP contribution in [0.15, 0.2) is 22.8 Å². The van der Waals surface area contributed by atoms with Gasteiger partial charge in [-0.2, -0.15) is 0 Å². The van der Waals surface area contributed by atoms with E-state index in [4.69, 9.17) is 4.42 Å². The number of nitrogens with one attached hydrogen (secondary N) is 1. The van der Waals surface area contributed by atoms with Gasteiger partial charge < -0.3 is 14.8 Å². The first kappa shape index (κ1) is 14.0. The molecule has 1 aliphatic rings. The maximum atomic E-state index is 13.0. The van der Waals surface area contributed by atoms with Crippen LogP contribution < -0.4 is 5.32 Å². The third-order valence-corrected chi connectivity index (χ3v) is 3.47. The maximum Gasteiger partial charge on any atom is 0.248 e. The summed E-state index contributed by atoms with van der Waals surface area (Å²) in [6.45, 7) is -0.290. The monoisotopic (exact) mass is 273 g/mol. The van der Waals surface area contributed by atoms with Crippen LogP contribution in [0.4, 0.5) is 8.78 Å². The molecular weight excluding hydrogens is 256 g/mol. The number of rotatable bonds is 4. The minimum absolute atomic E-state index is 0.176. The number of carbonyl (C=O) groups excluding carboxylic acids is 1. The van der Waals surface area contributed by atoms with E-state index in [1.807, 2.05) is 0 Å². The summed E-state index contributed by atoms with van der Waals surface area (Å²) in [5.41, 5.74) is 0. The molecule has 1 unspecified atom stereocenters. The Morgan fingerprint density at radius 1 is 1.53 bits per heavy atom. The van der Waals surface area contributed by atoms with E-state index in [1.165, 1.54) is 6.26 Å². The smallest absolute Gasteiger partial charge is 0.248 e. The number of alkyl halides is 2. The van der Waals surface area contributed by atoms with E-state index in [2.05, 4.69) is 5.32 Å². The van der Waals surface area contributed by atoms with Crippen molar-refractivity contribution in [2.24, 2.45) is 5.92 Å². The third-order valence-electron chi connectivity index (χ3n) is 3.47. The predicted molar refractivity (Wildman–Crippen MR) is 63.6 cm³/mol. The normalized spacial score (nSPS) is 21.0. The summed E-state index contributed by atoms with van der Waals surface area (Å²) in [7, 11) is 0. The molecule has 1 atom stereocenters. The molecule has 0 spiro atoms. The largest absolute Gasteiger partial charge is 0.467 e. The Hall–Kier alpha value is -1.43. The topological polar surface area (TPSA) is 62.5 Å². The van der Waals surface area contributed by atoms with Crippen molar-refractivity contribution < 1.29 is 23.1 Å². The highest BCUT2D eigenvalue weighted by Crippen LogP contribution is 2.36. The molecule has 0 aromatic carbocycles. The molecule has 0 aliphatic heterocycles. The van der Waals surface area contributed by atoms with Gasteiger partial charge in [-0.15, -0.1) is 0 Å². The number of amides is 1. The second-order valence-corrected chi connectivity index (χ2v) is 4.89. The van der Waals surface area contributed by atoms with Gasteiger partial charge in [0, 0.05) is 18.8 Å². The van der Waals surface area contributed by atoms with Crippen molar-refractivity contribution in [3.63, 3.8) is 0 Å². The molecule has 0 bridgehead atoms. The fourth-order valence-electron chi connectivity index (χ4n) is 2.29. The lowest BCUT2D eigenvalue weighted by Gasteiger charge is -2.28. The van der Waals surface area contributed by atoms with E-state index < -0.39 is 17.9 Å². The molecule has 4 nitrogen and oxygen atoms in total. The fraction of sp³-hybridized carbons (Fsp3) is 0.615. The van der Waals surface area contributed by atoms with Gasteiger partial charge in [-0.25, -0.2) is 8.78 Å². The van der Waals surface area contributed by atoms with Gasteiger partial charge in [0.25, 0.3) is 0 Å². The van der Waals surface area contributed by atoms with Crippen LogP contribution >= 0.6 is 0 Å². The Balaban J connectivity index is 1.90. The lowest BCUT2D eigenvalue weighted by atomic mass is 9.86. The Kier molecular flexibility index (Phi) is 4.19. The summed E-state index contributed by atoms with van der Waals surface area (Å²) in [4.78, 5) is 12.0. The molecule has 1 aliphatic carbocycles. The lowest BCUT2D eigenvalue weighted by molar-refractivity contribution is -0.130. The zero-order valence-corrected chi connectivity index (χ0v) is 10.4. The molecular formula is C13H17F2NO3. The average Bonchev–Trinajstić information content (AvgIpc) is 2.89. The maximum absolute atomic E-state index is 13.0. The van der Waals surface area contributed by atoms with Gasteiger partial charge in [0.05, 0.1) is 12.9 Å². The highest BCUT2D eigenvalue weighted by molar-refractivity contribution is 5.79. The van der Waals surface area contributed by atoms with Crippen molar-refractivity contribution in [1.82, 2.24) is 5.32 Å². The number of halogens is 2. The first-order valence-corrected chi connectivity index (χ1v) is 6.34. The zero-order chi connectivity index (χ0) is 13.9. The molecule has 106 valence electrons. The second kappa shape index (κ2) is 5.69. The summed E-state index contributed by atoms with van der Waals surface area (Å²) in [5.74, 6) is -2.90. The van der Waals surface area contributed by atoms with Gasteiger partial charge in [-0.1, -0.05) is 0 Å². The summed E-state index contributed by atoms with van der Waals surface area (Å²) in [6.07, 6.45) is 1.29. The molecule has 1 saturated carbocycles. The number of carbonyl (C=O) groups is 1. The lowest BCUT2D eigenvalue weighted by Crippen LogP contribution is -2.38. The van der Waals surface area contributed by atoms with Crippen molar-refractivity contribution in [1.29, 1.82) is 0 Å². The molecule has 1 amide bonds. The molecule has 2 N–H and O–H groups in total. The Labute approximate surface area is 109 Å². The van der Waals surface area contributed by atoms with E-state index in [9.17, 15) is 18.7 Å². The number of furan rings is 1. The minimum atomic E-state index is -2.64. The molecule has 2 rings (SSSR count). The number of hydrogen-bond donors (Lipinski definition) is 2. The average molecular weight is 273 g/mol. The van der Waals surface area contributed by atoms with Crippen LogP contribution in [0.5, 0.6) is 0 Å².